The normalized spacial score (nSPS) is 26.8. The van der Waals surface area contributed by atoms with Crippen LogP contribution in [0.1, 0.15) is 18.9 Å². The molecular weight excluding hydrogens is 355 g/mol. The molecule has 1 saturated carbocycles. The van der Waals surface area contributed by atoms with Gasteiger partial charge in [-0.2, -0.15) is 4.98 Å². The van der Waals surface area contributed by atoms with Crippen molar-refractivity contribution in [1.29, 1.82) is 0 Å². The van der Waals surface area contributed by atoms with Gasteiger partial charge in [0, 0.05) is 13.2 Å². The van der Waals surface area contributed by atoms with Crippen LogP contribution < -0.4 is 0 Å². The Morgan fingerprint density at radius 1 is 1.50 bits per heavy atom. The molecule has 9 heteroatoms. The molecule has 0 saturated heterocycles. The van der Waals surface area contributed by atoms with E-state index >= 15 is 0 Å². The van der Waals surface area contributed by atoms with E-state index in [1.54, 1.807) is 6.33 Å². The first kappa shape index (κ1) is 17.4. The van der Waals surface area contributed by atoms with Gasteiger partial charge in [-0.25, -0.2) is 9.97 Å². The third kappa shape index (κ3) is 2.85. The van der Waals surface area contributed by atoms with Crippen molar-refractivity contribution in [1.82, 2.24) is 19.5 Å². The molecule has 0 bridgehead atoms. The van der Waals surface area contributed by atoms with Gasteiger partial charge in [-0.1, -0.05) is 17.5 Å². The third-order valence-electron chi connectivity index (χ3n) is 4.40. The molecule has 0 radical (unpaired) electrons. The summed E-state index contributed by atoms with van der Waals surface area (Å²) in [6.07, 6.45) is 8.07. The largest absolute Gasteiger partial charge is 0.395 e. The molecule has 7 nitrogen and oxygen atoms in total. The van der Waals surface area contributed by atoms with Crippen molar-refractivity contribution in [2.24, 2.45) is 5.41 Å². The lowest BCUT2D eigenvalue weighted by molar-refractivity contribution is -0.103. The fraction of sp³-hybridized carbons (Fsp3) is 0.533. The van der Waals surface area contributed by atoms with Crippen LogP contribution >= 0.6 is 23.2 Å². The van der Waals surface area contributed by atoms with Gasteiger partial charge in [0.25, 0.3) is 0 Å². The Kier molecular flexibility index (Phi) is 4.95. The maximum Gasteiger partial charge on any atom is 0.225 e. The number of terminal acetylenes is 1. The number of aromatic nitrogens is 4. The molecular formula is C15H16Cl2N4O3. The first-order chi connectivity index (χ1) is 11.5. The monoisotopic (exact) mass is 370 g/mol. The van der Waals surface area contributed by atoms with Gasteiger partial charge in [0.15, 0.2) is 10.8 Å². The van der Waals surface area contributed by atoms with Gasteiger partial charge in [-0.3, -0.25) is 0 Å². The van der Waals surface area contributed by atoms with Crippen molar-refractivity contribution in [3.05, 3.63) is 16.8 Å². The molecule has 3 atom stereocenters. The van der Waals surface area contributed by atoms with Gasteiger partial charge in [0.05, 0.1) is 24.5 Å². The number of ether oxygens (including phenoxy) is 2. The third-order valence-corrected chi connectivity index (χ3v) is 4.84. The molecule has 24 heavy (non-hydrogen) atoms. The highest BCUT2D eigenvalue weighted by molar-refractivity contribution is 6.35. The number of aliphatic hydroxyl groups excluding tert-OH is 1. The van der Waals surface area contributed by atoms with E-state index in [4.69, 9.17) is 39.1 Å². The molecule has 0 unspecified atom stereocenters. The zero-order chi connectivity index (χ0) is 17.3. The lowest BCUT2D eigenvalue weighted by Gasteiger charge is -2.27. The first-order valence-corrected chi connectivity index (χ1v) is 8.05. The van der Waals surface area contributed by atoms with Crippen molar-refractivity contribution >= 4 is 34.4 Å². The summed E-state index contributed by atoms with van der Waals surface area (Å²) in [5, 5.41) is 10.1. The smallest absolute Gasteiger partial charge is 0.225 e. The number of hydrogen-bond donors (Lipinski definition) is 1. The van der Waals surface area contributed by atoms with Crippen molar-refractivity contribution in [2.75, 3.05) is 20.5 Å². The minimum Gasteiger partial charge on any atom is -0.395 e. The molecule has 0 aromatic carbocycles. The highest BCUT2D eigenvalue weighted by Gasteiger charge is 2.48. The summed E-state index contributed by atoms with van der Waals surface area (Å²) in [6, 6.07) is -0.0675. The van der Waals surface area contributed by atoms with Gasteiger partial charge >= 0.3 is 0 Å². The molecule has 0 amide bonds. The van der Waals surface area contributed by atoms with Crippen LogP contribution in [0.3, 0.4) is 0 Å². The average molecular weight is 371 g/mol. The molecule has 0 aliphatic heterocycles. The second-order valence-electron chi connectivity index (χ2n) is 5.72. The number of methoxy groups -OCH3 is 1. The molecule has 2 aromatic heterocycles. The fourth-order valence-corrected chi connectivity index (χ4v) is 3.61. The molecule has 1 N–H and O–H groups in total. The van der Waals surface area contributed by atoms with Crippen molar-refractivity contribution in [2.45, 2.75) is 25.0 Å². The molecule has 2 aromatic rings. The summed E-state index contributed by atoms with van der Waals surface area (Å²) in [5.41, 5.74) is 0.208. The average Bonchev–Trinajstić information content (AvgIpc) is 3.14. The van der Waals surface area contributed by atoms with Crippen molar-refractivity contribution in [3.8, 4) is 12.3 Å². The van der Waals surface area contributed by atoms with Gasteiger partial charge in [0.1, 0.15) is 12.3 Å². The molecule has 128 valence electrons. The number of fused-ring (bicyclic) bond motifs is 1. The Labute approximate surface area is 148 Å². The van der Waals surface area contributed by atoms with Crippen LogP contribution in [0.25, 0.3) is 11.2 Å². The first-order valence-electron chi connectivity index (χ1n) is 7.29. The van der Waals surface area contributed by atoms with E-state index in [-0.39, 0.29) is 36.0 Å². The Morgan fingerprint density at radius 2 is 2.29 bits per heavy atom. The van der Waals surface area contributed by atoms with Crippen LogP contribution in [0.4, 0.5) is 0 Å². The topological polar surface area (TPSA) is 82.3 Å². The minimum absolute atomic E-state index is 0.0461. The van der Waals surface area contributed by atoms with E-state index in [2.05, 4.69) is 20.9 Å². The molecule has 2 heterocycles. The summed E-state index contributed by atoms with van der Waals surface area (Å²) in [4.78, 5) is 12.4. The van der Waals surface area contributed by atoms with Gasteiger partial charge in [-0.05, 0) is 24.4 Å². The molecule has 1 aliphatic rings. The number of hydrogen-bond acceptors (Lipinski definition) is 6. The Bertz CT molecular complexity index is 791. The highest BCUT2D eigenvalue weighted by Crippen LogP contribution is 2.46. The van der Waals surface area contributed by atoms with E-state index in [0.29, 0.717) is 24.0 Å². The summed E-state index contributed by atoms with van der Waals surface area (Å²) in [5.74, 6) is 2.70. The number of imidazole rings is 1. The summed E-state index contributed by atoms with van der Waals surface area (Å²) in [6.45, 7) is -0.0805. The number of nitrogens with zero attached hydrogens (tertiary/aromatic N) is 4. The fourth-order valence-electron chi connectivity index (χ4n) is 3.19. The molecule has 1 fully saturated rings. The lowest BCUT2D eigenvalue weighted by Crippen LogP contribution is -2.34. The number of rotatable bonds is 5. The zero-order valence-electron chi connectivity index (χ0n) is 12.9. The summed E-state index contributed by atoms with van der Waals surface area (Å²) in [7, 11) is 1.53. The van der Waals surface area contributed by atoms with Crippen LogP contribution in [-0.2, 0) is 9.47 Å². The second-order valence-corrected chi connectivity index (χ2v) is 6.42. The van der Waals surface area contributed by atoms with Crippen LogP contribution in [0.15, 0.2) is 6.33 Å². The van der Waals surface area contributed by atoms with E-state index in [0.717, 1.165) is 0 Å². The zero-order valence-corrected chi connectivity index (χ0v) is 14.5. The van der Waals surface area contributed by atoms with E-state index in [1.807, 2.05) is 4.57 Å². The minimum atomic E-state index is -0.791. The second kappa shape index (κ2) is 6.82. The predicted molar refractivity (Wildman–Crippen MR) is 88.7 cm³/mol. The summed E-state index contributed by atoms with van der Waals surface area (Å²) >= 11 is 12.0. The number of halogens is 2. The standard InChI is InChI=1S/C15H16Cl2N4O3/c1-3-15(6-22)5-9(4-10(15)24-8-23-2)21-7-18-11-12(16)19-14(17)20-13(11)21/h1,7,9-10,22H,4-6,8H2,2H3/t9-,10-,15+/m0/s1. The van der Waals surface area contributed by atoms with E-state index in [1.165, 1.54) is 7.11 Å². The van der Waals surface area contributed by atoms with E-state index < -0.39 is 5.41 Å². The van der Waals surface area contributed by atoms with E-state index in [9.17, 15) is 5.11 Å². The lowest BCUT2D eigenvalue weighted by atomic mass is 9.86. The van der Waals surface area contributed by atoms with Crippen molar-refractivity contribution in [3.63, 3.8) is 0 Å². The molecule has 1 aliphatic carbocycles. The maximum atomic E-state index is 9.85. The van der Waals surface area contributed by atoms with Crippen LogP contribution in [0.2, 0.25) is 10.4 Å². The highest BCUT2D eigenvalue weighted by atomic mass is 35.5. The van der Waals surface area contributed by atoms with Crippen LogP contribution in [0, 0.1) is 17.8 Å². The van der Waals surface area contributed by atoms with Crippen LogP contribution in [0.5, 0.6) is 0 Å². The van der Waals surface area contributed by atoms with Crippen LogP contribution in [-0.4, -0.2) is 51.2 Å². The number of aliphatic hydroxyl groups is 1. The van der Waals surface area contributed by atoms with Gasteiger partial charge < -0.3 is 19.1 Å². The predicted octanol–water partition coefficient (Wildman–Crippen LogP) is 2.07. The van der Waals surface area contributed by atoms with Crippen molar-refractivity contribution < 1.29 is 14.6 Å². The SMILES string of the molecule is C#C[C@]1(CO)C[C@@H](n2cnc3c(Cl)nc(Cl)nc32)C[C@@H]1OCOC. The molecule has 3 rings (SSSR count). The summed E-state index contributed by atoms with van der Waals surface area (Å²) < 4.78 is 12.5. The molecule has 0 spiro atoms. The maximum absolute atomic E-state index is 9.85. The Balaban J connectivity index is 1.98. The quantitative estimate of drug-likeness (QED) is 0.375. The Hall–Kier alpha value is -1.43. The van der Waals surface area contributed by atoms with Gasteiger partial charge in [0.2, 0.25) is 5.28 Å². The Morgan fingerprint density at radius 3 is 2.96 bits per heavy atom. The van der Waals surface area contributed by atoms with Gasteiger partial charge in [-0.15, -0.1) is 6.42 Å².